The van der Waals surface area contributed by atoms with Crippen molar-refractivity contribution in [1.82, 2.24) is 19.9 Å². The molecule has 0 radical (unpaired) electrons. The maximum Gasteiger partial charge on any atom is 0.263 e. The lowest BCUT2D eigenvalue weighted by atomic mass is 10.2. The van der Waals surface area contributed by atoms with Crippen molar-refractivity contribution >= 4 is 38.6 Å². The Balaban J connectivity index is 2.03. The monoisotopic (exact) mass is 323 g/mol. The number of aryl methyl sites for hydroxylation is 1. The number of halogens is 1. The Morgan fingerprint density at radius 3 is 2.81 bits per heavy atom. The molecule has 0 aliphatic heterocycles. The molecule has 1 aromatic carbocycles. The van der Waals surface area contributed by atoms with Crippen molar-refractivity contribution in [2.45, 2.75) is 11.8 Å². The van der Waals surface area contributed by atoms with Gasteiger partial charge in [-0.3, -0.25) is 4.72 Å². The molecule has 2 aromatic heterocycles. The van der Waals surface area contributed by atoms with Crippen molar-refractivity contribution in [2.24, 2.45) is 0 Å². The van der Waals surface area contributed by atoms with Gasteiger partial charge in [0.25, 0.3) is 10.0 Å². The van der Waals surface area contributed by atoms with Crippen LogP contribution in [0.1, 0.15) is 5.56 Å². The van der Waals surface area contributed by atoms with Crippen molar-refractivity contribution in [3.63, 3.8) is 0 Å². The molecule has 0 saturated heterocycles. The number of sulfonamides is 1. The Morgan fingerprint density at radius 1 is 1.24 bits per heavy atom. The van der Waals surface area contributed by atoms with Crippen molar-refractivity contribution < 1.29 is 8.42 Å². The molecule has 2 N–H and O–H groups in total. The molecule has 3 rings (SSSR count). The second kappa shape index (κ2) is 4.97. The fourth-order valence-electron chi connectivity index (χ4n) is 1.77. The number of hydrogen-bond acceptors (Lipinski definition) is 5. The Kier molecular flexibility index (Phi) is 3.26. The molecule has 21 heavy (non-hydrogen) atoms. The van der Waals surface area contributed by atoms with Crippen molar-refractivity contribution in [2.75, 3.05) is 4.72 Å². The number of nitrogens with zero attached hydrogens (tertiary/aromatic N) is 3. The summed E-state index contributed by atoms with van der Waals surface area (Å²) in [6.45, 7) is 1.80. The maximum atomic E-state index is 12.4. The summed E-state index contributed by atoms with van der Waals surface area (Å²) in [7, 11) is -3.79. The molecule has 108 valence electrons. The molecule has 0 fully saturated rings. The van der Waals surface area contributed by atoms with Gasteiger partial charge in [-0.25, -0.2) is 23.4 Å². The number of aromatic nitrogens is 4. The molecule has 0 aliphatic rings. The largest absolute Gasteiger partial charge is 0.340 e. The van der Waals surface area contributed by atoms with Gasteiger partial charge in [-0.15, -0.1) is 0 Å². The number of H-pyrrole nitrogens is 1. The SMILES string of the molecule is Cc1ccc(S(=O)(=O)Nc2ncnc3nc[nH]c23)cc1Cl. The molecule has 0 amide bonds. The van der Waals surface area contributed by atoms with Gasteiger partial charge in [0.05, 0.1) is 11.2 Å². The molecule has 9 heteroatoms. The van der Waals surface area contributed by atoms with Gasteiger partial charge in [-0.1, -0.05) is 17.7 Å². The highest BCUT2D eigenvalue weighted by Crippen LogP contribution is 2.23. The van der Waals surface area contributed by atoms with Crippen molar-refractivity contribution in [3.05, 3.63) is 41.4 Å². The van der Waals surface area contributed by atoms with Gasteiger partial charge in [0.1, 0.15) is 11.8 Å². The summed E-state index contributed by atoms with van der Waals surface area (Å²) in [5.41, 5.74) is 1.59. The summed E-state index contributed by atoms with van der Waals surface area (Å²) in [5.74, 6) is 0.134. The lowest BCUT2D eigenvalue weighted by Crippen LogP contribution is -2.14. The van der Waals surface area contributed by atoms with Crippen LogP contribution in [0.5, 0.6) is 0 Å². The van der Waals surface area contributed by atoms with E-state index >= 15 is 0 Å². The third-order valence-corrected chi connectivity index (χ3v) is 4.65. The van der Waals surface area contributed by atoms with E-state index < -0.39 is 10.0 Å². The average Bonchev–Trinajstić information content (AvgIpc) is 2.91. The zero-order chi connectivity index (χ0) is 15.0. The first-order valence-corrected chi connectivity index (χ1v) is 7.76. The molecule has 3 aromatic rings. The van der Waals surface area contributed by atoms with E-state index in [9.17, 15) is 8.42 Å². The summed E-state index contributed by atoms with van der Waals surface area (Å²) in [6, 6.07) is 4.52. The van der Waals surface area contributed by atoms with Crippen LogP contribution >= 0.6 is 11.6 Å². The number of aromatic amines is 1. The van der Waals surface area contributed by atoms with Crippen LogP contribution in [0, 0.1) is 6.92 Å². The third kappa shape index (κ3) is 2.55. The van der Waals surface area contributed by atoms with Gasteiger partial charge in [0, 0.05) is 5.02 Å². The average molecular weight is 324 g/mol. The van der Waals surface area contributed by atoms with Crippen LogP contribution in [0.25, 0.3) is 11.2 Å². The van der Waals surface area contributed by atoms with Gasteiger partial charge in [-0.2, -0.15) is 0 Å². The highest BCUT2D eigenvalue weighted by molar-refractivity contribution is 7.92. The van der Waals surface area contributed by atoms with E-state index in [1.54, 1.807) is 13.0 Å². The molecule has 7 nitrogen and oxygen atoms in total. The minimum absolute atomic E-state index is 0.0596. The number of nitrogens with one attached hydrogen (secondary N) is 2. The van der Waals surface area contributed by atoms with Crippen LogP contribution in [0.3, 0.4) is 0 Å². The number of rotatable bonds is 3. The number of anilines is 1. The second-order valence-corrected chi connectivity index (χ2v) is 6.43. The highest BCUT2D eigenvalue weighted by Gasteiger charge is 2.18. The lowest BCUT2D eigenvalue weighted by molar-refractivity contribution is 0.601. The first-order valence-electron chi connectivity index (χ1n) is 5.90. The predicted octanol–water partition coefficient (Wildman–Crippen LogP) is 2.12. The lowest BCUT2D eigenvalue weighted by Gasteiger charge is -2.08. The Morgan fingerprint density at radius 2 is 2.05 bits per heavy atom. The Bertz CT molecular complexity index is 922. The number of fused-ring (bicyclic) bond motifs is 1. The van der Waals surface area contributed by atoms with Crippen LogP contribution in [0.4, 0.5) is 5.82 Å². The van der Waals surface area contributed by atoms with E-state index in [0.29, 0.717) is 16.2 Å². The summed E-state index contributed by atoms with van der Waals surface area (Å²) in [6.07, 6.45) is 2.66. The number of hydrogen-bond donors (Lipinski definition) is 2. The van der Waals surface area contributed by atoms with E-state index in [4.69, 9.17) is 11.6 Å². The smallest absolute Gasteiger partial charge is 0.263 e. The minimum Gasteiger partial charge on any atom is -0.340 e. The summed E-state index contributed by atoms with van der Waals surface area (Å²) >= 11 is 5.97. The Labute approximate surface area is 125 Å². The van der Waals surface area contributed by atoms with E-state index in [0.717, 1.165) is 5.56 Å². The molecule has 0 spiro atoms. The predicted molar refractivity (Wildman–Crippen MR) is 78.7 cm³/mol. The summed E-state index contributed by atoms with van der Waals surface area (Å²) in [4.78, 5) is 14.6. The molecular formula is C12H10ClN5O2S. The van der Waals surface area contributed by atoms with Gasteiger partial charge in [-0.05, 0) is 24.6 Å². The molecule has 0 aliphatic carbocycles. The number of imidazole rings is 1. The van der Waals surface area contributed by atoms with E-state index in [2.05, 4.69) is 24.7 Å². The normalized spacial score (nSPS) is 11.7. The minimum atomic E-state index is -3.79. The van der Waals surface area contributed by atoms with Gasteiger partial charge in [0.2, 0.25) is 0 Å². The summed E-state index contributed by atoms with van der Waals surface area (Å²) < 4.78 is 27.1. The standard InChI is InChI=1S/C12H10ClN5O2S/c1-7-2-3-8(4-9(7)13)21(19,20)18-12-10-11(15-5-14-10)16-6-17-12/h2-6H,1H3,(H2,14,15,16,17,18). The molecule has 0 bridgehead atoms. The van der Waals surface area contributed by atoms with E-state index in [1.165, 1.54) is 24.8 Å². The van der Waals surface area contributed by atoms with E-state index in [1.807, 2.05) is 0 Å². The third-order valence-electron chi connectivity index (χ3n) is 2.91. The van der Waals surface area contributed by atoms with Crippen LogP contribution in [0.2, 0.25) is 5.02 Å². The molecule has 2 heterocycles. The molecule has 0 atom stereocenters. The zero-order valence-corrected chi connectivity index (χ0v) is 12.4. The van der Waals surface area contributed by atoms with Gasteiger partial charge >= 0.3 is 0 Å². The maximum absolute atomic E-state index is 12.4. The quantitative estimate of drug-likeness (QED) is 0.768. The van der Waals surface area contributed by atoms with Crippen LogP contribution in [0.15, 0.2) is 35.7 Å². The molecule has 0 saturated carbocycles. The fraction of sp³-hybridized carbons (Fsp3) is 0.0833. The Hall–Kier alpha value is -2.19. The topological polar surface area (TPSA) is 101 Å². The van der Waals surface area contributed by atoms with E-state index in [-0.39, 0.29) is 10.7 Å². The number of benzene rings is 1. The highest BCUT2D eigenvalue weighted by atomic mass is 35.5. The molecular weight excluding hydrogens is 314 g/mol. The molecule has 0 unspecified atom stereocenters. The van der Waals surface area contributed by atoms with Crippen LogP contribution in [-0.2, 0) is 10.0 Å². The second-order valence-electron chi connectivity index (χ2n) is 4.34. The first kappa shape index (κ1) is 13.8. The zero-order valence-electron chi connectivity index (χ0n) is 10.8. The summed E-state index contributed by atoms with van der Waals surface area (Å²) in [5, 5.41) is 0.382. The first-order chi connectivity index (χ1) is 9.97. The van der Waals surface area contributed by atoms with Gasteiger partial charge in [0.15, 0.2) is 11.5 Å². The van der Waals surface area contributed by atoms with Crippen molar-refractivity contribution in [3.8, 4) is 0 Å². The fourth-order valence-corrected chi connectivity index (χ4v) is 3.06. The van der Waals surface area contributed by atoms with Crippen molar-refractivity contribution in [1.29, 1.82) is 0 Å². The van der Waals surface area contributed by atoms with Crippen LogP contribution < -0.4 is 4.72 Å². The van der Waals surface area contributed by atoms with Gasteiger partial charge < -0.3 is 4.98 Å². The van der Waals surface area contributed by atoms with Crippen LogP contribution in [-0.4, -0.2) is 28.4 Å².